The molecule has 1 amide bonds. The third-order valence-corrected chi connectivity index (χ3v) is 3.96. The molecular weight excluding hydrogens is 278 g/mol. The lowest BCUT2D eigenvalue weighted by Gasteiger charge is -2.25. The van der Waals surface area contributed by atoms with Crippen LogP contribution in [0, 0.1) is 12.8 Å². The molecule has 0 aliphatic heterocycles. The summed E-state index contributed by atoms with van der Waals surface area (Å²) in [4.78, 5) is 12.0. The molecule has 0 spiro atoms. The van der Waals surface area contributed by atoms with E-state index in [-0.39, 0.29) is 11.8 Å². The maximum Gasteiger partial charge on any atom is 0.225 e. The zero-order chi connectivity index (χ0) is 16.1. The minimum atomic E-state index is -0.487. The molecule has 0 aliphatic rings. The van der Waals surface area contributed by atoms with E-state index in [0.717, 1.165) is 16.3 Å². The standard InChI is InChI=1S/C18H22NO3/c1-12(11-16(21-2)22-3)17(18(19)20)15-10-6-8-13-7-4-5-9-14(13)15/h4-10,12,16-17H,1,11H2,2-3H3,(H2,19,20). The number of hydrogen-bond acceptors (Lipinski definition) is 3. The topological polar surface area (TPSA) is 61.6 Å². The van der Waals surface area contributed by atoms with Gasteiger partial charge in [-0.2, -0.15) is 0 Å². The highest BCUT2D eigenvalue weighted by atomic mass is 16.7. The largest absolute Gasteiger partial charge is 0.369 e. The normalized spacial score (nSPS) is 14.2. The number of rotatable bonds is 7. The summed E-state index contributed by atoms with van der Waals surface area (Å²) in [6.45, 7) is 4.12. The Morgan fingerprint density at radius 1 is 1.14 bits per heavy atom. The Morgan fingerprint density at radius 3 is 2.41 bits per heavy atom. The first-order chi connectivity index (χ1) is 10.6. The molecule has 2 aromatic rings. The van der Waals surface area contributed by atoms with E-state index in [0.29, 0.717) is 6.42 Å². The first kappa shape index (κ1) is 16.5. The predicted molar refractivity (Wildman–Crippen MR) is 87.2 cm³/mol. The molecule has 0 saturated heterocycles. The summed E-state index contributed by atoms with van der Waals surface area (Å²) in [6.07, 6.45) is 0.0865. The maximum absolute atomic E-state index is 12.0. The van der Waals surface area contributed by atoms with E-state index in [1.54, 1.807) is 14.2 Å². The van der Waals surface area contributed by atoms with Gasteiger partial charge < -0.3 is 15.2 Å². The number of primary amides is 1. The monoisotopic (exact) mass is 300 g/mol. The molecule has 22 heavy (non-hydrogen) atoms. The lowest BCUT2D eigenvalue weighted by molar-refractivity contribution is -0.125. The van der Waals surface area contributed by atoms with Crippen molar-refractivity contribution in [3.8, 4) is 0 Å². The Balaban J connectivity index is 2.40. The number of nitrogens with two attached hydrogens (primary N) is 1. The van der Waals surface area contributed by atoms with E-state index in [4.69, 9.17) is 15.2 Å². The second-order valence-corrected chi connectivity index (χ2v) is 5.35. The van der Waals surface area contributed by atoms with Crippen LogP contribution >= 0.6 is 0 Å². The lowest BCUT2D eigenvalue weighted by atomic mass is 9.82. The Bertz CT molecular complexity index is 632. The number of carbonyl (C=O) groups excluding carboxylic acids is 1. The van der Waals surface area contributed by atoms with Crippen LogP contribution in [0.4, 0.5) is 0 Å². The van der Waals surface area contributed by atoms with Gasteiger partial charge in [0.25, 0.3) is 0 Å². The van der Waals surface area contributed by atoms with Crippen molar-refractivity contribution in [2.24, 2.45) is 11.7 Å². The summed E-state index contributed by atoms with van der Waals surface area (Å²) in [7, 11) is 3.14. The number of carbonyl (C=O) groups is 1. The summed E-state index contributed by atoms with van der Waals surface area (Å²) in [5.74, 6) is -1.12. The smallest absolute Gasteiger partial charge is 0.225 e. The fourth-order valence-electron chi connectivity index (χ4n) is 2.83. The third-order valence-electron chi connectivity index (χ3n) is 3.96. The Morgan fingerprint density at radius 2 is 1.77 bits per heavy atom. The molecule has 1 radical (unpaired) electrons. The van der Waals surface area contributed by atoms with Crippen molar-refractivity contribution in [2.75, 3.05) is 14.2 Å². The van der Waals surface area contributed by atoms with E-state index in [1.165, 1.54) is 0 Å². The van der Waals surface area contributed by atoms with E-state index in [1.807, 2.05) is 42.5 Å². The van der Waals surface area contributed by atoms with Crippen molar-refractivity contribution in [3.63, 3.8) is 0 Å². The van der Waals surface area contributed by atoms with Crippen LogP contribution in [0.3, 0.4) is 0 Å². The summed E-state index contributed by atoms with van der Waals surface area (Å²) in [5.41, 5.74) is 6.56. The molecule has 2 aromatic carbocycles. The zero-order valence-corrected chi connectivity index (χ0v) is 13.0. The van der Waals surface area contributed by atoms with Gasteiger partial charge in [-0.3, -0.25) is 4.79 Å². The first-order valence-corrected chi connectivity index (χ1v) is 7.24. The van der Waals surface area contributed by atoms with Crippen LogP contribution in [-0.2, 0) is 14.3 Å². The summed E-state index contributed by atoms with van der Waals surface area (Å²) in [6, 6.07) is 13.8. The maximum atomic E-state index is 12.0. The second-order valence-electron chi connectivity index (χ2n) is 5.35. The van der Waals surface area contributed by atoms with E-state index < -0.39 is 12.2 Å². The SMILES string of the molecule is [CH2]C(CC(OC)OC)C(C(N)=O)c1cccc2ccccc12. The van der Waals surface area contributed by atoms with Crippen molar-refractivity contribution >= 4 is 16.7 Å². The highest BCUT2D eigenvalue weighted by Crippen LogP contribution is 2.33. The number of amides is 1. The van der Waals surface area contributed by atoms with Crippen LogP contribution in [0.25, 0.3) is 10.8 Å². The minimum Gasteiger partial charge on any atom is -0.369 e. The van der Waals surface area contributed by atoms with Gasteiger partial charge in [-0.05, 0) is 29.2 Å². The molecule has 2 unspecified atom stereocenters. The summed E-state index contributed by atoms with van der Waals surface area (Å²) < 4.78 is 10.4. The quantitative estimate of drug-likeness (QED) is 0.800. The Kier molecular flexibility index (Phi) is 5.52. The summed E-state index contributed by atoms with van der Waals surface area (Å²) in [5, 5.41) is 2.10. The first-order valence-electron chi connectivity index (χ1n) is 7.24. The average molecular weight is 300 g/mol. The van der Waals surface area contributed by atoms with Gasteiger partial charge >= 0.3 is 0 Å². The van der Waals surface area contributed by atoms with Gasteiger partial charge in [0.05, 0.1) is 5.92 Å². The van der Waals surface area contributed by atoms with Gasteiger partial charge in [0.1, 0.15) is 0 Å². The Labute approximate surface area is 131 Å². The van der Waals surface area contributed by atoms with Crippen LogP contribution in [0.2, 0.25) is 0 Å². The number of methoxy groups -OCH3 is 2. The number of benzene rings is 2. The van der Waals surface area contributed by atoms with E-state index >= 15 is 0 Å². The zero-order valence-electron chi connectivity index (χ0n) is 13.0. The van der Waals surface area contributed by atoms with Crippen LogP contribution < -0.4 is 5.73 Å². The fraction of sp³-hybridized carbons (Fsp3) is 0.333. The number of ether oxygens (including phenoxy) is 2. The molecule has 4 heteroatoms. The molecule has 0 bridgehead atoms. The molecule has 0 saturated carbocycles. The van der Waals surface area contributed by atoms with Crippen molar-refractivity contribution in [3.05, 3.63) is 55.0 Å². The van der Waals surface area contributed by atoms with Gasteiger partial charge in [-0.15, -0.1) is 0 Å². The van der Waals surface area contributed by atoms with Crippen LogP contribution in [0.15, 0.2) is 42.5 Å². The predicted octanol–water partition coefficient (Wildman–Crippen LogP) is 2.87. The van der Waals surface area contributed by atoms with Crippen molar-refractivity contribution in [2.45, 2.75) is 18.6 Å². The molecular formula is C18H22NO3. The molecule has 4 nitrogen and oxygen atoms in total. The molecule has 0 fully saturated rings. The number of hydrogen-bond donors (Lipinski definition) is 1. The van der Waals surface area contributed by atoms with E-state index in [9.17, 15) is 4.79 Å². The molecule has 0 heterocycles. The van der Waals surface area contributed by atoms with Gasteiger partial charge in [0.2, 0.25) is 5.91 Å². The molecule has 0 aromatic heterocycles. The van der Waals surface area contributed by atoms with Crippen molar-refractivity contribution < 1.29 is 14.3 Å². The van der Waals surface area contributed by atoms with Gasteiger partial charge in [0, 0.05) is 20.6 Å². The van der Waals surface area contributed by atoms with Crippen LogP contribution in [-0.4, -0.2) is 26.4 Å². The third kappa shape index (κ3) is 3.46. The summed E-state index contributed by atoms with van der Waals surface area (Å²) >= 11 is 0. The van der Waals surface area contributed by atoms with Gasteiger partial charge in [0.15, 0.2) is 6.29 Å². The average Bonchev–Trinajstić information content (AvgIpc) is 2.52. The molecule has 0 aliphatic carbocycles. The minimum absolute atomic E-state index is 0.242. The molecule has 117 valence electrons. The molecule has 2 N–H and O–H groups in total. The van der Waals surface area contributed by atoms with Crippen LogP contribution in [0.1, 0.15) is 17.9 Å². The van der Waals surface area contributed by atoms with E-state index in [2.05, 4.69) is 6.92 Å². The second kappa shape index (κ2) is 7.38. The van der Waals surface area contributed by atoms with Gasteiger partial charge in [-0.25, -0.2) is 0 Å². The lowest BCUT2D eigenvalue weighted by Crippen LogP contribution is -2.30. The molecule has 2 rings (SSSR count). The van der Waals surface area contributed by atoms with Crippen molar-refractivity contribution in [1.29, 1.82) is 0 Å². The Hall–Kier alpha value is -1.91. The fourth-order valence-corrected chi connectivity index (χ4v) is 2.83. The highest BCUT2D eigenvalue weighted by Gasteiger charge is 2.28. The highest BCUT2D eigenvalue weighted by molar-refractivity contribution is 5.92. The van der Waals surface area contributed by atoms with Crippen LogP contribution in [0.5, 0.6) is 0 Å². The molecule has 2 atom stereocenters. The van der Waals surface area contributed by atoms with Crippen molar-refractivity contribution in [1.82, 2.24) is 0 Å². The number of fused-ring (bicyclic) bond motifs is 1. The van der Waals surface area contributed by atoms with Gasteiger partial charge in [-0.1, -0.05) is 42.5 Å².